The van der Waals surface area contributed by atoms with Crippen LogP contribution in [0.1, 0.15) is 15.4 Å². The molecule has 0 fully saturated rings. The topological polar surface area (TPSA) is 68.1 Å². The van der Waals surface area contributed by atoms with Gasteiger partial charge in [0.05, 0.1) is 9.93 Å². The van der Waals surface area contributed by atoms with Gasteiger partial charge in [0.2, 0.25) is 0 Å². The van der Waals surface area contributed by atoms with Gasteiger partial charge in [-0.1, -0.05) is 15.9 Å². The molecular weight excluding hydrogens is 330 g/mol. The number of benzene rings is 1. The second-order valence-corrected chi connectivity index (χ2v) is 6.26. The van der Waals surface area contributed by atoms with Crippen molar-refractivity contribution in [3.8, 4) is 0 Å². The Bertz CT molecular complexity index is 600. The molecule has 7 heteroatoms. The third-order valence-electron chi connectivity index (χ3n) is 2.45. The summed E-state index contributed by atoms with van der Waals surface area (Å²) >= 11 is 4.92. The Kier molecular flexibility index (Phi) is 4.62. The maximum Gasteiger partial charge on any atom is 0.270 e. The lowest BCUT2D eigenvalue weighted by molar-refractivity contribution is -0.385. The maximum absolute atomic E-state index is 10.8. The van der Waals surface area contributed by atoms with Gasteiger partial charge in [-0.15, -0.1) is 11.3 Å². The number of nitrogens with one attached hydrogen (secondary N) is 1. The first-order valence-corrected chi connectivity index (χ1v) is 7.21. The Morgan fingerprint density at radius 3 is 2.84 bits per heavy atom. The van der Waals surface area contributed by atoms with Gasteiger partial charge >= 0.3 is 0 Å². The van der Waals surface area contributed by atoms with Gasteiger partial charge in [0.1, 0.15) is 0 Å². The molecule has 0 saturated carbocycles. The summed E-state index contributed by atoms with van der Waals surface area (Å²) in [6.45, 7) is 3.26. The van der Waals surface area contributed by atoms with Crippen molar-refractivity contribution in [3.63, 3.8) is 0 Å². The summed E-state index contributed by atoms with van der Waals surface area (Å²) in [6, 6.07) is 4.95. The monoisotopic (exact) mass is 341 g/mol. The summed E-state index contributed by atoms with van der Waals surface area (Å²) in [6.07, 6.45) is 1.84. The zero-order valence-corrected chi connectivity index (χ0v) is 12.6. The normalized spacial score (nSPS) is 10.6. The van der Waals surface area contributed by atoms with Crippen molar-refractivity contribution in [2.75, 3.05) is 0 Å². The molecule has 0 saturated heterocycles. The highest BCUT2D eigenvalue weighted by atomic mass is 79.9. The predicted molar refractivity (Wildman–Crippen MR) is 78.2 cm³/mol. The van der Waals surface area contributed by atoms with Gasteiger partial charge in [-0.3, -0.25) is 10.1 Å². The SMILES string of the molecule is Cc1ncc(CNCc2cc(Br)cc([N+](=O)[O-])c2)s1. The molecule has 2 rings (SSSR count). The van der Waals surface area contributed by atoms with E-state index in [1.807, 2.05) is 19.2 Å². The number of hydrogen-bond donors (Lipinski definition) is 1. The molecule has 2 aromatic rings. The largest absolute Gasteiger partial charge is 0.308 e. The van der Waals surface area contributed by atoms with E-state index in [-0.39, 0.29) is 10.6 Å². The number of hydrogen-bond acceptors (Lipinski definition) is 5. The Balaban J connectivity index is 1.97. The lowest BCUT2D eigenvalue weighted by Gasteiger charge is -2.04. The first kappa shape index (κ1) is 14.1. The van der Waals surface area contributed by atoms with Crippen LogP contribution >= 0.6 is 27.3 Å². The van der Waals surface area contributed by atoms with Crippen molar-refractivity contribution in [2.45, 2.75) is 20.0 Å². The minimum absolute atomic E-state index is 0.0970. The molecule has 0 unspecified atom stereocenters. The first-order chi connectivity index (χ1) is 9.04. The highest BCUT2D eigenvalue weighted by Crippen LogP contribution is 2.21. The summed E-state index contributed by atoms with van der Waals surface area (Å²) in [5, 5.41) is 15.0. The number of thiazole rings is 1. The van der Waals surface area contributed by atoms with E-state index in [0.717, 1.165) is 15.4 Å². The molecule has 0 aliphatic heterocycles. The smallest absolute Gasteiger partial charge is 0.270 e. The summed E-state index contributed by atoms with van der Waals surface area (Å²) in [5.41, 5.74) is 0.974. The molecule has 0 bridgehead atoms. The third kappa shape index (κ3) is 4.09. The fraction of sp³-hybridized carbons (Fsp3) is 0.250. The van der Waals surface area contributed by atoms with Crippen LogP contribution in [0.3, 0.4) is 0 Å². The number of aryl methyl sites for hydroxylation is 1. The number of non-ortho nitro benzene ring substituents is 1. The van der Waals surface area contributed by atoms with Crippen molar-refractivity contribution in [1.29, 1.82) is 0 Å². The quantitative estimate of drug-likeness (QED) is 0.668. The van der Waals surface area contributed by atoms with Crippen molar-refractivity contribution >= 4 is 33.0 Å². The second kappa shape index (κ2) is 6.23. The molecule has 0 radical (unpaired) electrons. The van der Waals surface area contributed by atoms with Crippen LogP contribution in [0.2, 0.25) is 0 Å². The third-order valence-corrected chi connectivity index (χ3v) is 3.82. The molecule has 1 heterocycles. The predicted octanol–water partition coefficient (Wildman–Crippen LogP) is 3.41. The minimum Gasteiger partial charge on any atom is -0.308 e. The van der Waals surface area contributed by atoms with Gasteiger partial charge in [0, 0.05) is 40.8 Å². The van der Waals surface area contributed by atoms with Crippen molar-refractivity contribution in [1.82, 2.24) is 10.3 Å². The van der Waals surface area contributed by atoms with Crippen LogP contribution in [0, 0.1) is 17.0 Å². The van der Waals surface area contributed by atoms with E-state index in [9.17, 15) is 10.1 Å². The van der Waals surface area contributed by atoms with Gasteiger partial charge in [-0.2, -0.15) is 0 Å². The van der Waals surface area contributed by atoms with E-state index in [1.54, 1.807) is 17.4 Å². The highest BCUT2D eigenvalue weighted by molar-refractivity contribution is 9.10. The summed E-state index contributed by atoms with van der Waals surface area (Å²) in [4.78, 5) is 15.7. The average molecular weight is 342 g/mol. The zero-order valence-electron chi connectivity index (χ0n) is 10.2. The van der Waals surface area contributed by atoms with E-state index < -0.39 is 0 Å². The van der Waals surface area contributed by atoms with Gasteiger partial charge in [-0.25, -0.2) is 4.98 Å². The molecule has 0 aliphatic carbocycles. The summed E-state index contributed by atoms with van der Waals surface area (Å²) in [5.74, 6) is 0. The van der Waals surface area contributed by atoms with Crippen LogP contribution in [0.5, 0.6) is 0 Å². The molecule has 0 amide bonds. The summed E-state index contributed by atoms with van der Waals surface area (Å²) in [7, 11) is 0. The van der Waals surface area contributed by atoms with E-state index >= 15 is 0 Å². The lowest BCUT2D eigenvalue weighted by Crippen LogP contribution is -2.11. The molecule has 0 spiro atoms. The van der Waals surface area contributed by atoms with Crippen molar-refractivity contribution < 1.29 is 4.92 Å². The Morgan fingerprint density at radius 1 is 1.42 bits per heavy atom. The number of aromatic nitrogens is 1. The number of halogens is 1. The lowest BCUT2D eigenvalue weighted by atomic mass is 10.2. The first-order valence-electron chi connectivity index (χ1n) is 5.60. The fourth-order valence-electron chi connectivity index (χ4n) is 1.66. The van der Waals surface area contributed by atoms with Crippen LogP contribution in [-0.4, -0.2) is 9.91 Å². The van der Waals surface area contributed by atoms with Crippen LogP contribution < -0.4 is 5.32 Å². The number of rotatable bonds is 5. The Hall–Kier alpha value is -1.31. The minimum atomic E-state index is -0.388. The highest BCUT2D eigenvalue weighted by Gasteiger charge is 2.08. The molecule has 1 aromatic heterocycles. The molecule has 100 valence electrons. The summed E-state index contributed by atoms with van der Waals surface area (Å²) < 4.78 is 0.715. The van der Waals surface area contributed by atoms with Crippen LogP contribution in [0.25, 0.3) is 0 Å². The Morgan fingerprint density at radius 2 is 2.21 bits per heavy atom. The van der Waals surface area contributed by atoms with E-state index in [4.69, 9.17) is 0 Å². The van der Waals surface area contributed by atoms with Crippen molar-refractivity contribution in [3.05, 3.63) is 54.4 Å². The zero-order chi connectivity index (χ0) is 13.8. The second-order valence-electron chi connectivity index (χ2n) is 4.02. The number of nitrogens with zero attached hydrogens (tertiary/aromatic N) is 2. The van der Waals surface area contributed by atoms with Gasteiger partial charge in [-0.05, 0) is 18.6 Å². The van der Waals surface area contributed by atoms with Crippen LogP contribution in [0.4, 0.5) is 5.69 Å². The fourth-order valence-corrected chi connectivity index (χ4v) is 2.95. The van der Waals surface area contributed by atoms with E-state index in [0.29, 0.717) is 17.6 Å². The van der Waals surface area contributed by atoms with Crippen LogP contribution in [0.15, 0.2) is 28.9 Å². The van der Waals surface area contributed by atoms with Crippen LogP contribution in [-0.2, 0) is 13.1 Å². The van der Waals surface area contributed by atoms with E-state index in [1.165, 1.54) is 6.07 Å². The molecule has 1 aromatic carbocycles. The molecule has 1 N–H and O–H groups in total. The van der Waals surface area contributed by atoms with Crippen molar-refractivity contribution in [2.24, 2.45) is 0 Å². The molecule has 0 aliphatic rings. The molecule has 5 nitrogen and oxygen atoms in total. The number of nitro benzene ring substituents is 1. The van der Waals surface area contributed by atoms with Gasteiger partial charge in [0.25, 0.3) is 5.69 Å². The Labute approximate surface area is 123 Å². The van der Waals surface area contributed by atoms with E-state index in [2.05, 4.69) is 26.2 Å². The molecular formula is C12H12BrN3O2S. The maximum atomic E-state index is 10.8. The average Bonchev–Trinajstić information content (AvgIpc) is 2.74. The van der Waals surface area contributed by atoms with Gasteiger partial charge in [0.15, 0.2) is 0 Å². The number of nitro groups is 1. The van der Waals surface area contributed by atoms with Gasteiger partial charge < -0.3 is 5.32 Å². The standard InChI is InChI=1S/C12H12BrN3O2S/c1-8-15-7-12(19-8)6-14-5-9-2-10(13)4-11(3-9)16(17)18/h2-4,7,14H,5-6H2,1H3. The molecule has 0 atom stereocenters. The molecule has 19 heavy (non-hydrogen) atoms.